The van der Waals surface area contributed by atoms with Crippen LogP contribution in [0.4, 0.5) is 23.1 Å². The number of piperazine rings is 1. The van der Waals surface area contributed by atoms with Crippen LogP contribution in [0.15, 0.2) is 30.7 Å². The summed E-state index contributed by atoms with van der Waals surface area (Å²) < 4.78 is 0. The number of nitro groups is 1. The van der Waals surface area contributed by atoms with Gasteiger partial charge in [-0.3, -0.25) is 10.1 Å². The molecule has 1 N–H and O–H groups in total. The number of likely N-dealkylation sites (N-methyl/N-ethyl adjacent to an activating group) is 1. The molecule has 1 saturated heterocycles. The Morgan fingerprint density at radius 1 is 1.19 bits per heavy atom. The summed E-state index contributed by atoms with van der Waals surface area (Å²) in [5.74, 6) is 1.46. The van der Waals surface area contributed by atoms with E-state index in [1.807, 2.05) is 30.0 Å². The number of aliphatic hydroxyl groups excluding tert-OH is 1. The lowest BCUT2D eigenvalue weighted by atomic mass is 10.2. The molecule has 3 rings (SSSR count). The van der Waals surface area contributed by atoms with Gasteiger partial charge in [-0.05, 0) is 19.1 Å². The summed E-state index contributed by atoms with van der Waals surface area (Å²) in [6.07, 6.45) is 3.10. The Morgan fingerprint density at radius 2 is 1.93 bits per heavy atom. The predicted molar refractivity (Wildman–Crippen MR) is 102 cm³/mol. The topological polar surface area (TPSA) is 112 Å². The van der Waals surface area contributed by atoms with Crippen molar-refractivity contribution in [3.8, 4) is 0 Å². The molecule has 0 saturated carbocycles. The molecule has 144 valence electrons. The zero-order chi connectivity index (χ0) is 19.2. The molecule has 10 nitrogen and oxygen atoms in total. The first-order chi connectivity index (χ1) is 13.2. The molecule has 0 atom stereocenters. The van der Waals surface area contributed by atoms with Gasteiger partial charge in [0, 0.05) is 45.5 Å². The quantitative estimate of drug-likeness (QED) is 0.559. The Hall–Kier alpha value is -3.01. The SMILES string of the molecule is CCN(CCO)c1ncnc(N2CCN(c3ccccn3)CC2)c1[N+](=O)[O-]. The van der Waals surface area contributed by atoms with Crippen molar-refractivity contribution in [3.05, 3.63) is 40.8 Å². The maximum atomic E-state index is 11.8. The standard InChI is InChI=1S/C17H23N7O3/c1-2-21(11-12-25)16-15(24(26)27)17(20-13-19-16)23-9-7-22(8-10-23)14-5-3-4-6-18-14/h3-6,13,25H,2,7-12H2,1H3. The molecule has 0 aromatic carbocycles. The third kappa shape index (κ3) is 4.05. The Kier molecular flexibility index (Phi) is 5.97. The van der Waals surface area contributed by atoms with E-state index < -0.39 is 4.92 Å². The molecule has 2 aromatic rings. The minimum absolute atomic E-state index is 0.104. The summed E-state index contributed by atoms with van der Waals surface area (Å²) in [5.41, 5.74) is -0.112. The number of nitrogens with zero attached hydrogens (tertiary/aromatic N) is 7. The lowest BCUT2D eigenvalue weighted by Crippen LogP contribution is -2.47. The van der Waals surface area contributed by atoms with Gasteiger partial charge in [-0.25, -0.2) is 15.0 Å². The summed E-state index contributed by atoms with van der Waals surface area (Å²) >= 11 is 0. The van der Waals surface area contributed by atoms with Crippen LogP contribution in [0.25, 0.3) is 0 Å². The zero-order valence-corrected chi connectivity index (χ0v) is 15.2. The van der Waals surface area contributed by atoms with Crippen LogP contribution in [0.1, 0.15) is 6.92 Å². The van der Waals surface area contributed by atoms with Crippen LogP contribution < -0.4 is 14.7 Å². The van der Waals surface area contributed by atoms with Crippen molar-refractivity contribution in [3.63, 3.8) is 0 Å². The van der Waals surface area contributed by atoms with Crippen molar-refractivity contribution in [2.45, 2.75) is 6.92 Å². The number of aliphatic hydroxyl groups is 1. The van der Waals surface area contributed by atoms with E-state index in [2.05, 4.69) is 19.9 Å². The minimum atomic E-state index is -0.435. The van der Waals surface area contributed by atoms with Gasteiger partial charge in [-0.15, -0.1) is 0 Å². The summed E-state index contributed by atoms with van der Waals surface area (Å²) in [6, 6.07) is 5.77. The van der Waals surface area contributed by atoms with Crippen molar-refractivity contribution in [2.24, 2.45) is 0 Å². The largest absolute Gasteiger partial charge is 0.395 e. The van der Waals surface area contributed by atoms with Crippen LogP contribution in [0.5, 0.6) is 0 Å². The van der Waals surface area contributed by atoms with Crippen molar-refractivity contribution < 1.29 is 10.0 Å². The summed E-state index contributed by atoms with van der Waals surface area (Å²) in [4.78, 5) is 29.8. The van der Waals surface area contributed by atoms with Crippen LogP contribution in [0.2, 0.25) is 0 Å². The maximum Gasteiger partial charge on any atom is 0.353 e. The highest BCUT2D eigenvalue weighted by molar-refractivity contribution is 5.71. The molecule has 3 heterocycles. The fourth-order valence-electron chi connectivity index (χ4n) is 3.21. The van der Waals surface area contributed by atoms with Crippen molar-refractivity contribution in [1.82, 2.24) is 15.0 Å². The molecule has 0 radical (unpaired) electrons. The number of rotatable bonds is 7. The van der Waals surface area contributed by atoms with Gasteiger partial charge in [0.05, 0.1) is 11.5 Å². The number of aromatic nitrogens is 3. The second kappa shape index (κ2) is 8.58. The lowest BCUT2D eigenvalue weighted by molar-refractivity contribution is -0.383. The highest BCUT2D eigenvalue weighted by Gasteiger charge is 2.31. The molecular weight excluding hydrogens is 350 g/mol. The average Bonchev–Trinajstić information content (AvgIpc) is 2.72. The zero-order valence-electron chi connectivity index (χ0n) is 15.2. The van der Waals surface area contributed by atoms with Crippen molar-refractivity contribution in [1.29, 1.82) is 0 Å². The Balaban J connectivity index is 1.84. The number of hydrogen-bond donors (Lipinski definition) is 1. The number of anilines is 3. The lowest BCUT2D eigenvalue weighted by Gasteiger charge is -2.36. The molecule has 2 aromatic heterocycles. The van der Waals surface area contributed by atoms with E-state index in [1.165, 1.54) is 6.33 Å². The van der Waals surface area contributed by atoms with E-state index in [-0.39, 0.29) is 24.7 Å². The molecule has 1 aliphatic heterocycles. The Morgan fingerprint density at radius 3 is 2.52 bits per heavy atom. The van der Waals surface area contributed by atoms with Gasteiger partial charge in [0.2, 0.25) is 11.6 Å². The normalized spacial score (nSPS) is 14.3. The molecule has 10 heteroatoms. The first-order valence-electron chi connectivity index (χ1n) is 8.91. The molecule has 0 unspecified atom stereocenters. The van der Waals surface area contributed by atoms with Gasteiger partial charge in [0.1, 0.15) is 12.1 Å². The highest BCUT2D eigenvalue weighted by atomic mass is 16.6. The minimum Gasteiger partial charge on any atom is -0.395 e. The molecule has 1 fully saturated rings. The summed E-state index contributed by atoms with van der Waals surface area (Å²) in [6.45, 7) is 5.13. The van der Waals surface area contributed by atoms with E-state index >= 15 is 0 Å². The first kappa shape index (κ1) is 18.8. The third-order valence-electron chi connectivity index (χ3n) is 4.57. The monoisotopic (exact) mass is 373 g/mol. The smallest absolute Gasteiger partial charge is 0.353 e. The molecule has 0 spiro atoms. The molecular formula is C17H23N7O3. The Labute approximate surface area is 157 Å². The molecule has 0 aliphatic carbocycles. The van der Waals surface area contributed by atoms with Crippen LogP contribution in [-0.2, 0) is 0 Å². The van der Waals surface area contributed by atoms with Gasteiger partial charge in [-0.1, -0.05) is 6.07 Å². The molecule has 0 bridgehead atoms. The van der Waals surface area contributed by atoms with E-state index in [0.717, 1.165) is 5.82 Å². The number of pyridine rings is 1. The predicted octanol–water partition coefficient (Wildman–Crippen LogP) is 0.925. The van der Waals surface area contributed by atoms with Crippen LogP contribution in [-0.4, -0.2) is 70.9 Å². The summed E-state index contributed by atoms with van der Waals surface area (Å²) in [5, 5.41) is 21.0. The van der Waals surface area contributed by atoms with E-state index in [0.29, 0.717) is 38.5 Å². The van der Waals surface area contributed by atoms with Crippen LogP contribution in [0, 0.1) is 10.1 Å². The first-order valence-corrected chi connectivity index (χ1v) is 8.91. The summed E-state index contributed by atoms with van der Waals surface area (Å²) in [7, 11) is 0. The molecule has 27 heavy (non-hydrogen) atoms. The fourth-order valence-corrected chi connectivity index (χ4v) is 3.21. The fraction of sp³-hybridized carbons (Fsp3) is 0.471. The van der Waals surface area contributed by atoms with Crippen molar-refractivity contribution in [2.75, 3.05) is 60.6 Å². The third-order valence-corrected chi connectivity index (χ3v) is 4.57. The van der Waals surface area contributed by atoms with E-state index in [4.69, 9.17) is 0 Å². The number of hydrogen-bond acceptors (Lipinski definition) is 9. The second-order valence-electron chi connectivity index (χ2n) is 6.09. The average molecular weight is 373 g/mol. The van der Waals surface area contributed by atoms with E-state index in [9.17, 15) is 15.2 Å². The van der Waals surface area contributed by atoms with Gasteiger partial charge < -0.3 is 19.8 Å². The van der Waals surface area contributed by atoms with Gasteiger partial charge >= 0.3 is 5.69 Å². The van der Waals surface area contributed by atoms with Gasteiger partial charge in [0.25, 0.3) is 0 Å². The molecule has 0 amide bonds. The van der Waals surface area contributed by atoms with Crippen molar-refractivity contribution >= 4 is 23.1 Å². The highest BCUT2D eigenvalue weighted by Crippen LogP contribution is 2.34. The maximum absolute atomic E-state index is 11.8. The van der Waals surface area contributed by atoms with Gasteiger partial charge in [-0.2, -0.15) is 0 Å². The molecule has 1 aliphatic rings. The second-order valence-corrected chi connectivity index (χ2v) is 6.09. The Bertz CT molecular complexity index is 766. The van der Waals surface area contributed by atoms with Gasteiger partial charge in [0.15, 0.2) is 0 Å². The van der Waals surface area contributed by atoms with Crippen LogP contribution in [0.3, 0.4) is 0 Å². The van der Waals surface area contributed by atoms with E-state index in [1.54, 1.807) is 11.1 Å². The van der Waals surface area contributed by atoms with Crippen LogP contribution >= 0.6 is 0 Å².